The summed E-state index contributed by atoms with van der Waals surface area (Å²) >= 11 is 5.78. The van der Waals surface area contributed by atoms with Gasteiger partial charge in [0.25, 0.3) is 0 Å². The lowest BCUT2D eigenvalue weighted by Gasteiger charge is -2.09. The van der Waals surface area contributed by atoms with Gasteiger partial charge in [0.1, 0.15) is 5.15 Å². The normalized spacial score (nSPS) is 10.8. The molecule has 0 bridgehead atoms. The van der Waals surface area contributed by atoms with Gasteiger partial charge in [0.05, 0.1) is 12.3 Å². The summed E-state index contributed by atoms with van der Waals surface area (Å²) in [6.07, 6.45) is 1.08. The molecule has 0 saturated heterocycles. The summed E-state index contributed by atoms with van der Waals surface area (Å²) in [5.41, 5.74) is 6.34. The molecule has 0 unspecified atom stereocenters. The molecule has 1 rings (SSSR count). The largest absolute Gasteiger partial charge is 0.396 e. The van der Waals surface area contributed by atoms with Crippen molar-refractivity contribution in [1.82, 2.24) is 4.98 Å². The third-order valence-corrected chi connectivity index (χ3v) is 2.48. The van der Waals surface area contributed by atoms with Gasteiger partial charge in [-0.2, -0.15) is 0 Å². The first-order chi connectivity index (χ1) is 8.09. The molecule has 0 aliphatic rings. The molecule has 0 fully saturated rings. The highest BCUT2D eigenvalue weighted by Gasteiger charge is 2.01. The average Bonchev–Trinajstić information content (AvgIpc) is 2.27. The Morgan fingerprint density at radius 1 is 1.41 bits per heavy atom. The predicted octanol–water partition coefficient (Wildman–Crippen LogP) is 2.79. The Kier molecular flexibility index (Phi) is 6.08. The fraction of sp³-hybridized carbons (Fsp3) is 0.583. The number of anilines is 2. The quantitative estimate of drug-likeness (QED) is 0.583. The van der Waals surface area contributed by atoms with Crippen LogP contribution in [0.15, 0.2) is 12.1 Å². The maximum Gasteiger partial charge on any atom is 0.151 e. The van der Waals surface area contributed by atoms with E-state index < -0.39 is 0 Å². The van der Waals surface area contributed by atoms with Crippen LogP contribution >= 0.6 is 11.6 Å². The molecule has 3 N–H and O–H groups in total. The number of aromatic nitrogens is 1. The zero-order valence-corrected chi connectivity index (χ0v) is 11.1. The number of hydrogen-bond acceptors (Lipinski definition) is 4. The Labute approximate surface area is 108 Å². The monoisotopic (exact) mass is 257 g/mol. The number of hydrogen-bond donors (Lipinski definition) is 2. The molecule has 0 aromatic carbocycles. The van der Waals surface area contributed by atoms with Gasteiger partial charge in [-0.3, -0.25) is 0 Å². The Morgan fingerprint density at radius 3 is 2.88 bits per heavy atom. The van der Waals surface area contributed by atoms with E-state index in [0.717, 1.165) is 13.0 Å². The van der Waals surface area contributed by atoms with Crippen molar-refractivity contribution in [2.24, 2.45) is 5.92 Å². The molecule has 0 saturated carbocycles. The van der Waals surface area contributed by atoms with Gasteiger partial charge in [-0.15, -0.1) is 0 Å². The molecule has 0 aliphatic heterocycles. The minimum Gasteiger partial charge on any atom is -0.396 e. The lowest BCUT2D eigenvalue weighted by atomic mass is 10.1. The second-order valence-corrected chi connectivity index (χ2v) is 4.68. The Morgan fingerprint density at radius 2 is 2.18 bits per heavy atom. The van der Waals surface area contributed by atoms with E-state index in [9.17, 15) is 0 Å². The van der Waals surface area contributed by atoms with Crippen molar-refractivity contribution < 1.29 is 4.74 Å². The zero-order chi connectivity index (χ0) is 12.7. The molecule has 0 aliphatic carbocycles. The van der Waals surface area contributed by atoms with E-state index in [4.69, 9.17) is 22.1 Å². The van der Waals surface area contributed by atoms with Crippen LogP contribution < -0.4 is 11.1 Å². The number of nitrogens with one attached hydrogen (secondary N) is 1. The van der Waals surface area contributed by atoms with Gasteiger partial charge in [-0.05, 0) is 24.5 Å². The lowest BCUT2D eigenvalue weighted by Crippen LogP contribution is -2.12. The van der Waals surface area contributed by atoms with Crippen molar-refractivity contribution in [1.29, 1.82) is 0 Å². The van der Waals surface area contributed by atoms with Crippen LogP contribution in [0.5, 0.6) is 0 Å². The summed E-state index contributed by atoms with van der Waals surface area (Å²) in [5, 5.41) is 3.53. The van der Waals surface area contributed by atoms with Crippen LogP contribution in [0.4, 0.5) is 11.5 Å². The number of nitrogens with zero attached hydrogens (tertiary/aromatic N) is 1. The summed E-state index contributed by atoms with van der Waals surface area (Å²) in [6, 6.07) is 3.40. The van der Waals surface area contributed by atoms with E-state index in [1.807, 2.05) is 0 Å². The number of rotatable bonds is 7. The van der Waals surface area contributed by atoms with E-state index in [1.165, 1.54) is 0 Å². The summed E-state index contributed by atoms with van der Waals surface area (Å²) in [6.45, 7) is 6.46. The van der Waals surface area contributed by atoms with Crippen LogP contribution in [0.25, 0.3) is 0 Å². The standard InChI is InChI=1S/C12H20ClN3O/c1-9(2)5-7-17-8-6-15-12-10(14)3-4-11(13)16-12/h3-4,9H,5-8,14H2,1-2H3,(H,15,16). The van der Waals surface area contributed by atoms with Crippen molar-refractivity contribution in [3.05, 3.63) is 17.3 Å². The van der Waals surface area contributed by atoms with E-state index >= 15 is 0 Å². The molecule has 5 heteroatoms. The average molecular weight is 258 g/mol. The van der Waals surface area contributed by atoms with Crippen LogP contribution in [0, 0.1) is 5.92 Å². The van der Waals surface area contributed by atoms with E-state index in [-0.39, 0.29) is 0 Å². The van der Waals surface area contributed by atoms with Crippen molar-refractivity contribution in [3.63, 3.8) is 0 Å². The van der Waals surface area contributed by atoms with Gasteiger partial charge in [0, 0.05) is 13.2 Å². The van der Waals surface area contributed by atoms with Crippen molar-refractivity contribution in [3.8, 4) is 0 Å². The number of nitrogen functional groups attached to an aromatic ring is 1. The van der Waals surface area contributed by atoms with Gasteiger partial charge in [-0.1, -0.05) is 25.4 Å². The summed E-state index contributed by atoms with van der Waals surface area (Å²) in [4.78, 5) is 4.09. The van der Waals surface area contributed by atoms with E-state index in [2.05, 4.69) is 24.1 Å². The number of nitrogens with two attached hydrogens (primary N) is 1. The second kappa shape index (κ2) is 7.35. The van der Waals surface area contributed by atoms with Crippen molar-refractivity contribution in [2.45, 2.75) is 20.3 Å². The van der Waals surface area contributed by atoms with E-state index in [1.54, 1.807) is 12.1 Å². The van der Waals surface area contributed by atoms with E-state index in [0.29, 0.717) is 35.7 Å². The van der Waals surface area contributed by atoms with Crippen molar-refractivity contribution in [2.75, 3.05) is 30.8 Å². The minimum atomic E-state index is 0.433. The summed E-state index contributed by atoms with van der Waals surface area (Å²) < 4.78 is 5.47. The van der Waals surface area contributed by atoms with Crippen LogP contribution in [-0.2, 0) is 4.74 Å². The Hall–Kier alpha value is -1.00. The molecule has 0 radical (unpaired) electrons. The molecule has 0 atom stereocenters. The topological polar surface area (TPSA) is 60.2 Å². The first-order valence-electron chi connectivity index (χ1n) is 5.83. The molecular weight excluding hydrogens is 238 g/mol. The number of halogens is 1. The lowest BCUT2D eigenvalue weighted by molar-refractivity contribution is 0.132. The first kappa shape index (κ1) is 14.1. The fourth-order valence-corrected chi connectivity index (χ4v) is 1.40. The minimum absolute atomic E-state index is 0.433. The molecule has 4 nitrogen and oxygen atoms in total. The Bertz CT molecular complexity index is 345. The molecule has 17 heavy (non-hydrogen) atoms. The third kappa shape index (κ3) is 5.75. The highest BCUT2D eigenvalue weighted by molar-refractivity contribution is 6.29. The highest BCUT2D eigenvalue weighted by atomic mass is 35.5. The van der Waals surface area contributed by atoms with Gasteiger partial charge in [0.2, 0.25) is 0 Å². The molecule has 0 amide bonds. The maximum atomic E-state index is 5.78. The second-order valence-electron chi connectivity index (χ2n) is 4.29. The van der Waals surface area contributed by atoms with Crippen LogP contribution in [0.1, 0.15) is 20.3 Å². The smallest absolute Gasteiger partial charge is 0.151 e. The number of ether oxygens (including phenoxy) is 1. The fourth-order valence-electron chi connectivity index (χ4n) is 1.25. The van der Waals surface area contributed by atoms with Crippen LogP contribution in [0.2, 0.25) is 5.15 Å². The predicted molar refractivity (Wildman–Crippen MR) is 72.4 cm³/mol. The molecule has 0 spiro atoms. The number of pyridine rings is 1. The highest BCUT2D eigenvalue weighted by Crippen LogP contribution is 2.17. The summed E-state index contributed by atoms with van der Waals surface area (Å²) in [5.74, 6) is 1.29. The van der Waals surface area contributed by atoms with Crippen molar-refractivity contribution >= 4 is 23.1 Å². The molecule has 1 heterocycles. The third-order valence-electron chi connectivity index (χ3n) is 2.27. The van der Waals surface area contributed by atoms with Crippen LogP contribution in [-0.4, -0.2) is 24.7 Å². The molecule has 1 aromatic heterocycles. The SMILES string of the molecule is CC(C)CCOCCNc1nc(Cl)ccc1N. The van der Waals surface area contributed by atoms with Gasteiger partial charge in [0.15, 0.2) is 5.82 Å². The van der Waals surface area contributed by atoms with Gasteiger partial charge < -0.3 is 15.8 Å². The first-order valence-corrected chi connectivity index (χ1v) is 6.21. The molecule has 96 valence electrons. The zero-order valence-electron chi connectivity index (χ0n) is 10.4. The summed E-state index contributed by atoms with van der Waals surface area (Å²) in [7, 11) is 0. The molecular formula is C12H20ClN3O. The van der Waals surface area contributed by atoms with Gasteiger partial charge in [-0.25, -0.2) is 4.98 Å². The Balaban J connectivity index is 2.20. The van der Waals surface area contributed by atoms with Gasteiger partial charge >= 0.3 is 0 Å². The molecule has 1 aromatic rings. The maximum absolute atomic E-state index is 5.78. The van der Waals surface area contributed by atoms with Crippen LogP contribution in [0.3, 0.4) is 0 Å².